The number of hydrogen-bond acceptors (Lipinski definition) is 2. The van der Waals surface area contributed by atoms with E-state index in [1.807, 2.05) is 19.9 Å². The molecular formula is C16H19F2NO. The molecule has 0 radical (unpaired) electrons. The molecule has 1 N–H and O–H groups in total. The Kier molecular flexibility index (Phi) is 4.55. The number of hydrogen-bond donors (Lipinski definition) is 1. The smallest absolute Gasteiger partial charge is 0.134 e. The molecular weight excluding hydrogens is 260 g/mol. The molecule has 0 aliphatic rings. The van der Waals surface area contributed by atoms with Crippen LogP contribution in [0.3, 0.4) is 0 Å². The van der Waals surface area contributed by atoms with Crippen molar-refractivity contribution in [2.24, 2.45) is 0 Å². The fourth-order valence-electron chi connectivity index (χ4n) is 2.23. The van der Waals surface area contributed by atoms with Crippen molar-refractivity contribution in [3.05, 3.63) is 58.5 Å². The van der Waals surface area contributed by atoms with E-state index in [0.29, 0.717) is 17.9 Å². The van der Waals surface area contributed by atoms with E-state index in [4.69, 9.17) is 4.42 Å². The van der Waals surface area contributed by atoms with Crippen LogP contribution in [0.15, 0.2) is 28.7 Å². The first-order valence-corrected chi connectivity index (χ1v) is 6.84. The summed E-state index contributed by atoms with van der Waals surface area (Å²) in [5, 5.41) is 3.09. The molecule has 0 aliphatic carbocycles. The van der Waals surface area contributed by atoms with Crippen LogP contribution in [0.5, 0.6) is 0 Å². The van der Waals surface area contributed by atoms with E-state index in [9.17, 15) is 8.78 Å². The van der Waals surface area contributed by atoms with Crippen LogP contribution in [0.2, 0.25) is 0 Å². The maximum absolute atomic E-state index is 14.3. The first-order valence-electron chi connectivity index (χ1n) is 6.84. The van der Waals surface area contributed by atoms with Gasteiger partial charge < -0.3 is 9.73 Å². The van der Waals surface area contributed by atoms with E-state index in [-0.39, 0.29) is 5.56 Å². The van der Waals surface area contributed by atoms with Crippen molar-refractivity contribution in [2.75, 3.05) is 6.54 Å². The molecule has 1 heterocycles. The SMILES string of the molecule is CCNC(c1ccc(CC)o1)c1c(F)ccc(C)c1F. The molecule has 0 fully saturated rings. The van der Waals surface area contributed by atoms with Gasteiger partial charge in [0.15, 0.2) is 0 Å². The van der Waals surface area contributed by atoms with Crippen LogP contribution in [0, 0.1) is 18.6 Å². The Hall–Kier alpha value is -1.68. The van der Waals surface area contributed by atoms with Crippen molar-refractivity contribution in [2.45, 2.75) is 33.2 Å². The van der Waals surface area contributed by atoms with Crippen molar-refractivity contribution >= 4 is 0 Å². The van der Waals surface area contributed by atoms with Gasteiger partial charge in [0.25, 0.3) is 0 Å². The molecule has 0 bridgehead atoms. The van der Waals surface area contributed by atoms with Gasteiger partial charge in [-0.2, -0.15) is 0 Å². The summed E-state index contributed by atoms with van der Waals surface area (Å²) < 4.78 is 34.0. The molecule has 20 heavy (non-hydrogen) atoms. The van der Waals surface area contributed by atoms with Gasteiger partial charge in [-0.25, -0.2) is 8.78 Å². The molecule has 1 aromatic carbocycles. The van der Waals surface area contributed by atoms with E-state index in [1.165, 1.54) is 12.1 Å². The van der Waals surface area contributed by atoms with Gasteiger partial charge >= 0.3 is 0 Å². The average molecular weight is 279 g/mol. The summed E-state index contributed by atoms with van der Waals surface area (Å²) in [5.74, 6) is 0.252. The molecule has 0 saturated heterocycles. The predicted molar refractivity (Wildman–Crippen MR) is 74.7 cm³/mol. The van der Waals surface area contributed by atoms with Gasteiger partial charge in [-0.3, -0.25) is 0 Å². The zero-order valence-corrected chi connectivity index (χ0v) is 12.0. The Morgan fingerprint density at radius 3 is 2.50 bits per heavy atom. The van der Waals surface area contributed by atoms with Gasteiger partial charge in [0.05, 0.1) is 6.04 Å². The molecule has 2 nitrogen and oxygen atoms in total. The number of aryl methyl sites for hydroxylation is 2. The van der Waals surface area contributed by atoms with Crippen LogP contribution in [-0.2, 0) is 6.42 Å². The van der Waals surface area contributed by atoms with Crippen LogP contribution in [0.1, 0.15) is 42.5 Å². The number of furan rings is 1. The topological polar surface area (TPSA) is 25.2 Å². The van der Waals surface area contributed by atoms with Crippen molar-refractivity contribution in [3.63, 3.8) is 0 Å². The third-order valence-corrected chi connectivity index (χ3v) is 3.33. The molecule has 1 atom stereocenters. The van der Waals surface area contributed by atoms with Gasteiger partial charge in [0, 0.05) is 12.0 Å². The molecule has 108 valence electrons. The normalized spacial score (nSPS) is 12.7. The van der Waals surface area contributed by atoms with Crippen LogP contribution in [-0.4, -0.2) is 6.54 Å². The highest BCUT2D eigenvalue weighted by molar-refractivity contribution is 5.34. The van der Waals surface area contributed by atoms with Crippen LogP contribution >= 0.6 is 0 Å². The fraction of sp³-hybridized carbons (Fsp3) is 0.375. The monoisotopic (exact) mass is 279 g/mol. The Morgan fingerprint density at radius 2 is 1.90 bits per heavy atom. The summed E-state index contributed by atoms with van der Waals surface area (Å²) in [7, 11) is 0. The van der Waals surface area contributed by atoms with Gasteiger partial charge in [-0.15, -0.1) is 0 Å². The second-order valence-corrected chi connectivity index (χ2v) is 4.74. The highest BCUT2D eigenvalue weighted by atomic mass is 19.1. The van der Waals surface area contributed by atoms with Crippen LogP contribution < -0.4 is 5.32 Å². The standard InChI is InChI=1S/C16H19F2NO/c1-4-11-7-9-13(20-11)16(19-5-2)14-12(17)8-6-10(3)15(14)18/h6-9,16,19H,4-5H2,1-3H3. The molecule has 0 saturated carbocycles. The van der Waals surface area contributed by atoms with E-state index < -0.39 is 17.7 Å². The van der Waals surface area contributed by atoms with Crippen molar-refractivity contribution in [1.82, 2.24) is 5.32 Å². The molecule has 4 heteroatoms. The molecule has 0 aliphatic heterocycles. The highest BCUT2D eigenvalue weighted by Gasteiger charge is 2.25. The zero-order chi connectivity index (χ0) is 14.7. The largest absolute Gasteiger partial charge is 0.464 e. The quantitative estimate of drug-likeness (QED) is 0.890. The molecule has 2 rings (SSSR count). The number of halogens is 2. The Bertz CT molecular complexity index is 592. The summed E-state index contributed by atoms with van der Waals surface area (Å²) >= 11 is 0. The minimum absolute atomic E-state index is 0.0175. The van der Waals surface area contributed by atoms with E-state index in [1.54, 1.807) is 13.0 Å². The van der Waals surface area contributed by atoms with Crippen LogP contribution in [0.25, 0.3) is 0 Å². The Morgan fingerprint density at radius 1 is 1.15 bits per heavy atom. The minimum Gasteiger partial charge on any atom is -0.464 e. The van der Waals surface area contributed by atoms with E-state index in [0.717, 1.165) is 12.2 Å². The maximum Gasteiger partial charge on any atom is 0.134 e. The third kappa shape index (κ3) is 2.75. The second-order valence-electron chi connectivity index (χ2n) is 4.74. The third-order valence-electron chi connectivity index (χ3n) is 3.33. The molecule has 0 amide bonds. The number of nitrogens with one attached hydrogen (secondary N) is 1. The first kappa shape index (κ1) is 14.7. The zero-order valence-electron chi connectivity index (χ0n) is 12.0. The van der Waals surface area contributed by atoms with Crippen molar-refractivity contribution in [3.8, 4) is 0 Å². The van der Waals surface area contributed by atoms with E-state index in [2.05, 4.69) is 5.32 Å². The Labute approximate surface area is 117 Å². The molecule has 1 aromatic heterocycles. The average Bonchev–Trinajstić information content (AvgIpc) is 2.91. The predicted octanol–water partition coefficient (Wildman–Crippen LogP) is 4.13. The molecule has 0 spiro atoms. The summed E-state index contributed by atoms with van der Waals surface area (Å²) in [6.45, 7) is 6.07. The lowest BCUT2D eigenvalue weighted by Crippen LogP contribution is -2.24. The van der Waals surface area contributed by atoms with Gasteiger partial charge in [0.1, 0.15) is 23.2 Å². The van der Waals surface area contributed by atoms with Gasteiger partial charge in [0.2, 0.25) is 0 Å². The minimum atomic E-state index is -0.611. The number of benzene rings is 1. The molecule has 1 unspecified atom stereocenters. The number of rotatable bonds is 5. The summed E-state index contributed by atoms with van der Waals surface area (Å²) in [5.41, 5.74) is 0.440. The summed E-state index contributed by atoms with van der Waals surface area (Å²) in [6.07, 6.45) is 0.748. The summed E-state index contributed by atoms with van der Waals surface area (Å²) in [6, 6.07) is 5.73. The van der Waals surface area contributed by atoms with E-state index >= 15 is 0 Å². The van der Waals surface area contributed by atoms with Crippen molar-refractivity contribution < 1.29 is 13.2 Å². The lowest BCUT2D eigenvalue weighted by atomic mass is 10.0. The highest BCUT2D eigenvalue weighted by Crippen LogP contribution is 2.29. The van der Waals surface area contributed by atoms with Crippen LogP contribution in [0.4, 0.5) is 8.78 Å². The lowest BCUT2D eigenvalue weighted by molar-refractivity contribution is 0.407. The fourth-order valence-corrected chi connectivity index (χ4v) is 2.23. The molecule has 2 aromatic rings. The first-order chi connectivity index (χ1) is 9.58. The van der Waals surface area contributed by atoms with Crippen molar-refractivity contribution in [1.29, 1.82) is 0 Å². The van der Waals surface area contributed by atoms with Gasteiger partial charge in [-0.05, 0) is 37.2 Å². The second kappa shape index (κ2) is 6.18. The maximum atomic E-state index is 14.3. The van der Waals surface area contributed by atoms with Gasteiger partial charge in [-0.1, -0.05) is 19.9 Å². The summed E-state index contributed by atoms with van der Waals surface area (Å²) in [4.78, 5) is 0. The Balaban J connectivity index is 2.51. The lowest BCUT2D eigenvalue weighted by Gasteiger charge is -2.18.